The van der Waals surface area contributed by atoms with Crippen LogP contribution in [0.1, 0.15) is 0 Å². The first-order chi connectivity index (χ1) is 10.2. The molecule has 1 heterocycles. The molecule has 2 atom stereocenters. The molecule has 1 aromatic carbocycles. The van der Waals surface area contributed by atoms with Gasteiger partial charge in [0.15, 0.2) is 11.5 Å². The molecule has 1 saturated heterocycles. The molecule has 7 heteroatoms. The molecule has 0 saturated carbocycles. The van der Waals surface area contributed by atoms with Crippen molar-refractivity contribution in [2.75, 3.05) is 39.0 Å². The smallest absolute Gasteiger partial charge is 0.203 e. The van der Waals surface area contributed by atoms with Crippen molar-refractivity contribution < 1.29 is 23.7 Å². The maximum absolute atomic E-state index is 5.80. The number of halogens is 1. The Labute approximate surface area is 137 Å². The molecule has 1 fully saturated rings. The van der Waals surface area contributed by atoms with E-state index in [0.29, 0.717) is 29.6 Å². The fourth-order valence-electron chi connectivity index (χ4n) is 2.01. The van der Waals surface area contributed by atoms with E-state index in [0.717, 1.165) is 11.1 Å². The van der Waals surface area contributed by atoms with Crippen molar-refractivity contribution in [1.82, 2.24) is 0 Å². The molecule has 0 spiro atoms. The van der Waals surface area contributed by atoms with Crippen LogP contribution in [0.3, 0.4) is 0 Å². The van der Waals surface area contributed by atoms with Gasteiger partial charge >= 0.3 is 0 Å². The predicted molar refractivity (Wildman–Crippen MR) is 86.5 cm³/mol. The number of alkyl halides is 1. The van der Waals surface area contributed by atoms with Crippen molar-refractivity contribution >= 4 is 27.7 Å². The van der Waals surface area contributed by atoms with Gasteiger partial charge in [0, 0.05) is 23.2 Å². The minimum Gasteiger partial charge on any atom is -0.493 e. The summed E-state index contributed by atoms with van der Waals surface area (Å²) in [6, 6.07) is 3.57. The minimum absolute atomic E-state index is 0.0941. The molecule has 0 N–H and O–H groups in total. The zero-order valence-electron chi connectivity index (χ0n) is 12.3. The maximum atomic E-state index is 5.80. The van der Waals surface area contributed by atoms with Crippen LogP contribution in [0.4, 0.5) is 0 Å². The van der Waals surface area contributed by atoms with Gasteiger partial charge < -0.3 is 23.7 Å². The van der Waals surface area contributed by atoms with E-state index in [1.54, 1.807) is 45.2 Å². The lowest BCUT2D eigenvalue weighted by Crippen LogP contribution is -2.21. The normalized spacial score (nSPS) is 21.1. The zero-order valence-corrected chi connectivity index (χ0v) is 14.7. The van der Waals surface area contributed by atoms with Crippen LogP contribution in [0, 0.1) is 0 Å². The van der Waals surface area contributed by atoms with Crippen LogP contribution >= 0.6 is 27.7 Å². The molecule has 0 amide bonds. The number of hydrogen-bond donors (Lipinski definition) is 0. The first-order valence-electron chi connectivity index (χ1n) is 6.47. The zero-order chi connectivity index (χ0) is 15.2. The predicted octanol–water partition coefficient (Wildman–Crippen LogP) is 2.94. The third-order valence-corrected chi connectivity index (χ3v) is 5.24. The van der Waals surface area contributed by atoms with Crippen LogP contribution in [-0.2, 0) is 4.74 Å². The van der Waals surface area contributed by atoms with Crippen molar-refractivity contribution in [1.29, 1.82) is 0 Å². The van der Waals surface area contributed by atoms with E-state index in [4.69, 9.17) is 23.7 Å². The van der Waals surface area contributed by atoms with Gasteiger partial charge in [-0.05, 0) is 0 Å². The maximum Gasteiger partial charge on any atom is 0.203 e. The van der Waals surface area contributed by atoms with E-state index < -0.39 is 0 Å². The summed E-state index contributed by atoms with van der Waals surface area (Å²) in [6.45, 7) is 0.495. The Bertz CT molecular complexity index is 446. The number of benzene rings is 1. The van der Waals surface area contributed by atoms with Crippen LogP contribution in [0.5, 0.6) is 23.0 Å². The number of thioether (sulfide) groups is 1. The second-order valence-electron chi connectivity index (χ2n) is 4.35. The number of methoxy groups -OCH3 is 3. The fraction of sp³-hybridized carbons (Fsp3) is 0.571. The fourth-order valence-corrected chi connectivity index (χ4v) is 3.65. The van der Waals surface area contributed by atoms with Crippen LogP contribution in [-0.4, -0.2) is 50.6 Å². The highest BCUT2D eigenvalue weighted by Crippen LogP contribution is 2.41. The first kappa shape index (κ1) is 16.6. The molecule has 0 aliphatic carbocycles. The molecule has 1 aliphatic rings. The van der Waals surface area contributed by atoms with Gasteiger partial charge in [-0.2, -0.15) is 0 Å². The van der Waals surface area contributed by atoms with Crippen molar-refractivity contribution in [2.24, 2.45) is 0 Å². The molecular weight excluding hydrogens is 360 g/mol. The van der Waals surface area contributed by atoms with E-state index in [9.17, 15) is 0 Å². The van der Waals surface area contributed by atoms with Gasteiger partial charge in [-0.1, -0.05) is 15.9 Å². The average molecular weight is 379 g/mol. The van der Waals surface area contributed by atoms with Crippen molar-refractivity contribution in [3.8, 4) is 23.0 Å². The summed E-state index contributed by atoms with van der Waals surface area (Å²) < 4.78 is 27.5. The third kappa shape index (κ3) is 4.11. The number of rotatable bonds is 7. The lowest BCUT2D eigenvalue weighted by Gasteiger charge is -2.16. The Kier molecular flexibility index (Phi) is 6.32. The number of hydrogen-bond acceptors (Lipinski definition) is 6. The Balaban J connectivity index is 2.03. The molecule has 0 aromatic heterocycles. The molecule has 2 unspecified atom stereocenters. The SMILES string of the molecule is COc1cc(OCC2CSC(CBr)O2)cc(OC)c1OC. The molecule has 1 aliphatic heterocycles. The topological polar surface area (TPSA) is 46.2 Å². The van der Waals surface area contributed by atoms with Crippen molar-refractivity contribution in [3.63, 3.8) is 0 Å². The van der Waals surface area contributed by atoms with Gasteiger partial charge in [0.25, 0.3) is 0 Å². The van der Waals surface area contributed by atoms with Crippen LogP contribution in [0.15, 0.2) is 12.1 Å². The standard InChI is InChI=1S/C14H19BrO5S/c1-16-11-4-9(5-12(17-2)14(11)18-3)19-7-10-8-21-13(6-15)20-10/h4-5,10,13H,6-8H2,1-3H3. The highest BCUT2D eigenvalue weighted by atomic mass is 79.9. The summed E-state index contributed by atoms with van der Waals surface area (Å²) in [7, 11) is 4.74. The Morgan fingerprint density at radius 3 is 2.33 bits per heavy atom. The summed E-state index contributed by atoms with van der Waals surface area (Å²) in [5.41, 5.74) is 0.207. The largest absolute Gasteiger partial charge is 0.493 e. The number of ether oxygens (including phenoxy) is 5. The second-order valence-corrected chi connectivity index (χ2v) is 6.19. The highest BCUT2D eigenvalue weighted by molar-refractivity contribution is 9.09. The molecule has 1 aromatic rings. The van der Waals surface area contributed by atoms with Gasteiger partial charge in [-0.15, -0.1) is 11.8 Å². The van der Waals surface area contributed by atoms with Crippen molar-refractivity contribution in [2.45, 2.75) is 11.5 Å². The Hall–Kier alpha value is -0.790. The van der Waals surface area contributed by atoms with Gasteiger partial charge in [0.2, 0.25) is 5.75 Å². The monoisotopic (exact) mass is 378 g/mol. The third-order valence-electron chi connectivity index (χ3n) is 3.01. The van der Waals surface area contributed by atoms with Crippen LogP contribution < -0.4 is 18.9 Å². The highest BCUT2D eigenvalue weighted by Gasteiger charge is 2.25. The quantitative estimate of drug-likeness (QED) is 0.679. The minimum atomic E-state index is 0.0941. The lowest BCUT2D eigenvalue weighted by molar-refractivity contribution is 0.0434. The first-order valence-corrected chi connectivity index (χ1v) is 8.64. The van der Waals surface area contributed by atoms with Gasteiger partial charge in [-0.25, -0.2) is 0 Å². The van der Waals surface area contributed by atoms with E-state index in [-0.39, 0.29) is 11.5 Å². The van der Waals surface area contributed by atoms with Gasteiger partial charge in [0.05, 0.1) is 21.3 Å². The molecule has 5 nitrogen and oxygen atoms in total. The molecule has 0 bridgehead atoms. The molecule has 118 valence electrons. The summed E-state index contributed by atoms with van der Waals surface area (Å²) in [6.07, 6.45) is 0.0941. The molecule has 21 heavy (non-hydrogen) atoms. The average Bonchev–Trinajstić information content (AvgIpc) is 2.99. The molecule has 0 radical (unpaired) electrons. The van der Waals surface area contributed by atoms with E-state index >= 15 is 0 Å². The summed E-state index contributed by atoms with van der Waals surface area (Å²) in [4.78, 5) is 0. The van der Waals surface area contributed by atoms with Gasteiger partial charge in [0.1, 0.15) is 23.9 Å². The lowest BCUT2D eigenvalue weighted by atomic mass is 10.2. The summed E-state index contributed by atoms with van der Waals surface area (Å²) >= 11 is 5.21. The van der Waals surface area contributed by atoms with Gasteiger partial charge in [-0.3, -0.25) is 0 Å². The Morgan fingerprint density at radius 1 is 1.19 bits per heavy atom. The van der Waals surface area contributed by atoms with E-state index in [1.807, 2.05) is 0 Å². The summed E-state index contributed by atoms with van der Waals surface area (Å²) in [5, 5.41) is 0.832. The Morgan fingerprint density at radius 2 is 1.86 bits per heavy atom. The molecule has 2 rings (SSSR count). The second kappa shape index (κ2) is 8.00. The molecular formula is C14H19BrO5S. The van der Waals surface area contributed by atoms with E-state index in [2.05, 4.69) is 15.9 Å². The van der Waals surface area contributed by atoms with Crippen molar-refractivity contribution in [3.05, 3.63) is 12.1 Å². The van der Waals surface area contributed by atoms with Crippen LogP contribution in [0.2, 0.25) is 0 Å². The summed E-state index contributed by atoms with van der Waals surface area (Å²) in [5.74, 6) is 3.30. The van der Waals surface area contributed by atoms with E-state index in [1.165, 1.54) is 0 Å². The van der Waals surface area contributed by atoms with Crippen LogP contribution in [0.25, 0.3) is 0 Å².